The molecule has 1 aliphatic heterocycles. The molecule has 0 radical (unpaired) electrons. The van der Waals surface area contributed by atoms with Crippen molar-refractivity contribution in [2.45, 2.75) is 19.8 Å². The van der Waals surface area contributed by atoms with Crippen molar-refractivity contribution in [3.05, 3.63) is 53.6 Å². The van der Waals surface area contributed by atoms with Crippen LogP contribution in [0.1, 0.15) is 19.8 Å². The zero-order valence-corrected chi connectivity index (χ0v) is 16.8. The Morgan fingerprint density at radius 3 is 2.48 bits per heavy atom. The van der Waals surface area contributed by atoms with Crippen molar-refractivity contribution in [2.24, 2.45) is 5.92 Å². The van der Waals surface area contributed by atoms with Gasteiger partial charge in [-0.3, -0.25) is 9.59 Å². The van der Waals surface area contributed by atoms with Gasteiger partial charge in [-0.2, -0.15) is 0 Å². The molecule has 1 saturated heterocycles. The topological polar surface area (TPSA) is 90.5 Å². The Balaban J connectivity index is 1.62. The van der Waals surface area contributed by atoms with Crippen molar-refractivity contribution in [1.82, 2.24) is 4.90 Å². The molecule has 0 aliphatic carbocycles. The minimum Gasteiger partial charge on any atom is -0.326 e. The van der Waals surface area contributed by atoms with E-state index in [4.69, 9.17) is 11.6 Å². The minimum absolute atomic E-state index is 0.205. The molecule has 152 valence electrons. The van der Waals surface area contributed by atoms with E-state index in [1.54, 1.807) is 23.1 Å². The number of para-hydroxylation sites is 1. The molecule has 0 bridgehead atoms. The van der Waals surface area contributed by atoms with E-state index in [1.807, 2.05) is 30.3 Å². The minimum atomic E-state index is -0.342. The summed E-state index contributed by atoms with van der Waals surface area (Å²) in [6.45, 7) is 2.33. The normalized spacial score (nSPS) is 16.1. The van der Waals surface area contributed by atoms with Crippen LogP contribution in [0.5, 0.6) is 0 Å². The average molecular weight is 415 g/mol. The van der Waals surface area contributed by atoms with Crippen molar-refractivity contribution in [3.63, 3.8) is 0 Å². The van der Waals surface area contributed by atoms with Gasteiger partial charge < -0.3 is 20.9 Å². The number of nitrogens with zero attached hydrogens (tertiary/aromatic N) is 1. The summed E-state index contributed by atoms with van der Waals surface area (Å²) in [4.78, 5) is 38.2. The summed E-state index contributed by atoms with van der Waals surface area (Å²) < 4.78 is 0. The number of nitrogens with one attached hydrogen (secondary N) is 3. The van der Waals surface area contributed by atoms with Crippen LogP contribution >= 0.6 is 11.6 Å². The molecule has 0 saturated carbocycles. The summed E-state index contributed by atoms with van der Waals surface area (Å²) in [5, 5.41) is 8.71. The molecule has 3 N–H and O–H groups in total. The van der Waals surface area contributed by atoms with Crippen LogP contribution in [0.3, 0.4) is 0 Å². The van der Waals surface area contributed by atoms with Crippen molar-refractivity contribution in [1.29, 1.82) is 0 Å². The Hall–Kier alpha value is -3.06. The predicted octanol–water partition coefficient (Wildman–Crippen LogP) is 4.18. The number of halogens is 1. The first-order valence-corrected chi connectivity index (χ1v) is 9.79. The average Bonchev–Trinajstić information content (AvgIpc) is 2.71. The molecule has 1 unspecified atom stereocenters. The van der Waals surface area contributed by atoms with Gasteiger partial charge in [-0.25, -0.2) is 4.79 Å². The first-order valence-electron chi connectivity index (χ1n) is 9.41. The Morgan fingerprint density at radius 1 is 1.00 bits per heavy atom. The highest BCUT2D eigenvalue weighted by molar-refractivity contribution is 6.33. The lowest BCUT2D eigenvalue weighted by Gasteiger charge is -2.32. The molecule has 1 fully saturated rings. The van der Waals surface area contributed by atoms with Crippen LogP contribution in [0, 0.1) is 5.92 Å². The standard InChI is InChI=1S/C21H23ClN4O3/c1-14(27)23-17-9-10-18(22)19(12-17)25-20(28)15-6-5-11-26(13-15)21(29)24-16-7-3-2-4-8-16/h2-4,7-10,12,15H,5-6,11,13H2,1H3,(H,23,27)(H,24,29)(H,25,28). The molecule has 0 aromatic heterocycles. The zero-order valence-electron chi connectivity index (χ0n) is 16.1. The van der Waals surface area contributed by atoms with Crippen LogP contribution in [-0.2, 0) is 9.59 Å². The molecule has 2 aromatic carbocycles. The van der Waals surface area contributed by atoms with E-state index in [9.17, 15) is 14.4 Å². The Kier molecular flexibility index (Phi) is 6.72. The smallest absolute Gasteiger partial charge is 0.321 e. The summed E-state index contributed by atoms with van der Waals surface area (Å²) in [5.74, 6) is -0.758. The molecular weight excluding hydrogens is 392 g/mol. The first-order chi connectivity index (χ1) is 13.9. The third kappa shape index (κ3) is 5.71. The fraction of sp³-hybridized carbons (Fsp3) is 0.286. The molecule has 29 heavy (non-hydrogen) atoms. The van der Waals surface area contributed by atoms with Gasteiger partial charge in [0, 0.05) is 31.4 Å². The highest BCUT2D eigenvalue weighted by Crippen LogP contribution is 2.27. The highest BCUT2D eigenvalue weighted by atomic mass is 35.5. The number of anilines is 3. The number of hydrogen-bond donors (Lipinski definition) is 3. The van der Waals surface area contributed by atoms with Crippen LogP contribution in [-0.4, -0.2) is 35.8 Å². The van der Waals surface area contributed by atoms with Gasteiger partial charge >= 0.3 is 6.03 Å². The number of carbonyl (C=O) groups excluding carboxylic acids is 3. The fourth-order valence-electron chi connectivity index (χ4n) is 3.24. The van der Waals surface area contributed by atoms with Crippen LogP contribution in [0.2, 0.25) is 5.02 Å². The largest absolute Gasteiger partial charge is 0.326 e. The Morgan fingerprint density at radius 2 is 1.76 bits per heavy atom. The molecule has 2 aromatic rings. The molecule has 3 rings (SSSR count). The van der Waals surface area contributed by atoms with E-state index in [0.717, 1.165) is 6.42 Å². The number of amides is 4. The van der Waals surface area contributed by atoms with Gasteiger partial charge in [0.15, 0.2) is 0 Å². The molecule has 4 amide bonds. The molecule has 0 spiro atoms. The number of rotatable bonds is 4. The summed E-state index contributed by atoms with van der Waals surface area (Å²) in [5.41, 5.74) is 1.68. The van der Waals surface area contributed by atoms with Crippen LogP contribution in [0.25, 0.3) is 0 Å². The highest BCUT2D eigenvalue weighted by Gasteiger charge is 2.29. The summed E-state index contributed by atoms with van der Waals surface area (Å²) in [6.07, 6.45) is 1.42. The number of piperidine rings is 1. The summed E-state index contributed by atoms with van der Waals surface area (Å²) in [7, 11) is 0. The maximum Gasteiger partial charge on any atom is 0.321 e. The van der Waals surface area contributed by atoms with Crippen LogP contribution in [0.4, 0.5) is 21.9 Å². The lowest BCUT2D eigenvalue weighted by Crippen LogP contribution is -2.45. The Bertz CT molecular complexity index is 904. The van der Waals surface area contributed by atoms with Crippen molar-refractivity contribution < 1.29 is 14.4 Å². The SMILES string of the molecule is CC(=O)Nc1ccc(Cl)c(NC(=O)C2CCCN(C(=O)Nc3ccccc3)C2)c1. The van der Waals surface area contributed by atoms with E-state index in [1.165, 1.54) is 6.92 Å². The van der Waals surface area contributed by atoms with Gasteiger partial charge in [-0.05, 0) is 43.2 Å². The van der Waals surface area contributed by atoms with Gasteiger partial charge in [-0.1, -0.05) is 29.8 Å². The van der Waals surface area contributed by atoms with Gasteiger partial charge in [0.05, 0.1) is 16.6 Å². The summed E-state index contributed by atoms with van der Waals surface area (Å²) in [6, 6.07) is 13.9. The molecule has 1 atom stereocenters. The maximum absolute atomic E-state index is 12.8. The van der Waals surface area contributed by atoms with Crippen LogP contribution in [0.15, 0.2) is 48.5 Å². The molecule has 1 aliphatic rings. The number of carbonyl (C=O) groups is 3. The third-order valence-electron chi connectivity index (χ3n) is 4.65. The molecule has 8 heteroatoms. The van der Waals surface area contributed by atoms with Crippen molar-refractivity contribution in [3.8, 4) is 0 Å². The number of benzene rings is 2. The lowest BCUT2D eigenvalue weighted by molar-refractivity contribution is -0.121. The quantitative estimate of drug-likeness (QED) is 0.700. The van der Waals surface area contributed by atoms with E-state index in [2.05, 4.69) is 16.0 Å². The fourth-order valence-corrected chi connectivity index (χ4v) is 3.40. The monoisotopic (exact) mass is 414 g/mol. The predicted molar refractivity (Wildman–Crippen MR) is 114 cm³/mol. The second-order valence-corrected chi connectivity index (χ2v) is 7.35. The van der Waals surface area contributed by atoms with E-state index in [-0.39, 0.29) is 23.8 Å². The summed E-state index contributed by atoms with van der Waals surface area (Å²) >= 11 is 6.18. The Labute approximate surface area is 174 Å². The molecular formula is C21H23ClN4O3. The van der Waals surface area contributed by atoms with E-state index >= 15 is 0 Å². The first kappa shape index (κ1) is 20.7. The third-order valence-corrected chi connectivity index (χ3v) is 4.98. The van der Waals surface area contributed by atoms with Gasteiger partial charge in [-0.15, -0.1) is 0 Å². The van der Waals surface area contributed by atoms with E-state index in [0.29, 0.717) is 41.6 Å². The van der Waals surface area contributed by atoms with E-state index < -0.39 is 0 Å². The maximum atomic E-state index is 12.8. The van der Waals surface area contributed by atoms with Gasteiger partial charge in [0.1, 0.15) is 0 Å². The number of hydrogen-bond acceptors (Lipinski definition) is 3. The van der Waals surface area contributed by atoms with Crippen LogP contribution < -0.4 is 16.0 Å². The second-order valence-electron chi connectivity index (χ2n) is 6.95. The lowest BCUT2D eigenvalue weighted by atomic mass is 9.97. The van der Waals surface area contributed by atoms with Gasteiger partial charge in [0.2, 0.25) is 11.8 Å². The van der Waals surface area contributed by atoms with Crippen molar-refractivity contribution >= 4 is 46.5 Å². The van der Waals surface area contributed by atoms with Crippen molar-refractivity contribution in [2.75, 3.05) is 29.0 Å². The second kappa shape index (κ2) is 9.43. The zero-order chi connectivity index (χ0) is 20.8. The molecule has 1 heterocycles. The molecule has 7 nitrogen and oxygen atoms in total. The number of likely N-dealkylation sites (tertiary alicyclic amines) is 1. The number of urea groups is 1. The van der Waals surface area contributed by atoms with Gasteiger partial charge in [0.25, 0.3) is 0 Å².